The van der Waals surface area contributed by atoms with Gasteiger partial charge in [0.25, 0.3) is 0 Å². The van der Waals surface area contributed by atoms with Gasteiger partial charge in [0.15, 0.2) is 5.78 Å². The van der Waals surface area contributed by atoms with Crippen molar-refractivity contribution in [2.45, 2.75) is 20.3 Å². The summed E-state index contributed by atoms with van der Waals surface area (Å²) in [6.45, 7) is 4.20. The van der Waals surface area contributed by atoms with Crippen molar-refractivity contribution < 1.29 is 4.79 Å². The fraction of sp³-hybridized carbons (Fsp3) is 0.625. The summed E-state index contributed by atoms with van der Waals surface area (Å²) in [6.07, 6.45) is 2.43. The second-order valence-electron chi connectivity index (χ2n) is 3.33. The Morgan fingerprint density at radius 2 is 2.30 bits per heavy atom. The van der Waals surface area contributed by atoms with E-state index in [0.717, 1.165) is 5.33 Å². The van der Waals surface area contributed by atoms with Gasteiger partial charge in [0.1, 0.15) is 0 Å². The fourth-order valence-corrected chi connectivity index (χ4v) is 2.13. The molecule has 0 saturated carbocycles. The van der Waals surface area contributed by atoms with Crippen LogP contribution in [0.3, 0.4) is 0 Å². The first kappa shape index (κ1) is 7.99. The van der Waals surface area contributed by atoms with E-state index in [1.165, 1.54) is 5.57 Å². The van der Waals surface area contributed by atoms with Crippen LogP contribution < -0.4 is 0 Å². The number of hydrogen-bond acceptors (Lipinski definition) is 1. The average Bonchev–Trinajstić information content (AvgIpc) is 2.04. The van der Waals surface area contributed by atoms with Crippen LogP contribution in [0.1, 0.15) is 20.3 Å². The molecule has 0 radical (unpaired) electrons. The van der Waals surface area contributed by atoms with Crippen LogP contribution in [0.15, 0.2) is 11.6 Å². The van der Waals surface area contributed by atoms with Crippen LogP contribution in [0.25, 0.3) is 0 Å². The lowest BCUT2D eigenvalue weighted by molar-refractivity contribution is -0.115. The Kier molecular flexibility index (Phi) is 1.99. The normalized spacial score (nSPS) is 23.1. The number of allylic oxidation sites excluding steroid dienone is 2. The van der Waals surface area contributed by atoms with Gasteiger partial charge in [-0.2, -0.15) is 0 Å². The van der Waals surface area contributed by atoms with Crippen molar-refractivity contribution in [2.75, 3.05) is 5.33 Å². The summed E-state index contributed by atoms with van der Waals surface area (Å²) in [6, 6.07) is 0. The van der Waals surface area contributed by atoms with Crippen molar-refractivity contribution in [1.29, 1.82) is 0 Å². The molecule has 56 valence electrons. The lowest BCUT2D eigenvalue weighted by Crippen LogP contribution is -2.11. The first-order valence-corrected chi connectivity index (χ1v) is 4.48. The van der Waals surface area contributed by atoms with Crippen LogP contribution in [0.5, 0.6) is 0 Å². The maximum Gasteiger partial charge on any atom is 0.156 e. The second kappa shape index (κ2) is 2.50. The summed E-state index contributed by atoms with van der Waals surface area (Å²) in [7, 11) is 0. The molecule has 0 N–H and O–H groups in total. The summed E-state index contributed by atoms with van der Waals surface area (Å²) in [4.78, 5) is 10.9. The summed E-state index contributed by atoms with van der Waals surface area (Å²) in [5.74, 6) is 0.263. The average molecular weight is 203 g/mol. The van der Waals surface area contributed by atoms with Gasteiger partial charge < -0.3 is 0 Å². The third kappa shape index (κ3) is 1.31. The number of rotatable bonds is 1. The molecule has 1 nitrogen and oxygen atoms in total. The van der Waals surface area contributed by atoms with E-state index in [1.807, 2.05) is 0 Å². The van der Waals surface area contributed by atoms with Crippen LogP contribution in [0.4, 0.5) is 0 Å². The Hall–Kier alpha value is -0.110. The molecule has 0 unspecified atom stereocenters. The maximum atomic E-state index is 10.9. The zero-order valence-electron chi connectivity index (χ0n) is 6.28. The highest BCUT2D eigenvalue weighted by Crippen LogP contribution is 2.36. The van der Waals surface area contributed by atoms with Gasteiger partial charge in [0.2, 0.25) is 0 Å². The van der Waals surface area contributed by atoms with Gasteiger partial charge in [0.05, 0.1) is 0 Å². The van der Waals surface area contributed by atoms with E-state index in [2.05, 4.69) is 29.8 Å². The summed E-state index contributed by atoms with van der Waals surface area (Å²) < 4.78 is 0. The smallest absolute Gasteiger partial charge is 0.156 e. The van der Waals surface area contributed by atoms with Crippen LogP contribution in [-0.2, 0) is 4.79 Å². The van der Waals surface area contributed by atoms with Crippen molar-refractivity contribution >= 4 is 21.7 Å². The first-order valence-electron chi connectivity index (χ1n) is 3.36. The van der Waals surface area contributed by atoms with Crippen molar-refractivity contribution in [1.82, 2.24) is 0 Å². The number of carbonyl (C=O) groups is 1. The Bertz CT molecular complexity index is 191. The lowest BCUT2D eigenvalue weighted by atomic mass is 9.87. The van der Waals surface area contributed by atoms with Gasteiger partial charge in [0, 0.05) is 11.8 Å². The number of carbonyl (C=O) groups excluding carboxylic acids is 1. The molecule has 10 heavy (non-hydrogen) atoms. The zero-order chi connectivity index (χ0) is 7.78. The molecule has 0 aromatic heterocycles. The molecule has 2 heteroatoms. The molecule has 1 aliphatic carbocycles. The van der Waals surface area contributed by atoms with Crippen molar-refractivity contribution in [3.8, 4) is 0 Å². The molecule has 0 saturated heterocycles. The Morgan fingerprint density at radius 1 is 1.70 bits per heavy atom. The highest BCUT2D eigenvalue weighted by molar-refractivity contribution is 9.09. The van der Waals surface area contributed by atoms with Gasteiger partial charge in [-0.3, -0.25) is 4.79 Å². The number of alkyl halides is 1. The van der Waals surface area contributed by atoms with Gasteiger partial charge in [-0.05, 0) is 11.5 Å². The highest BCUT2D eigenvalue weighted by Gasteiger charge is 2.30. The minimum atomic E-state index is 0.0978. The first-order chi connectivity index (χ1) is 4.56. The molecule has 0 aliphatic heterocycles. The molecule has 0 aromatic rings. The van der Waals surface area contributed by atoms with E-state index in [4.69, 9.17) is 0 Å². The molecule has 1 aliphatic rings. The summed E-state index contributed by atoms with van der Waals surface area (Å²) in [5.41, 5.74) is 1.32. The zero-order valence-corrected chi connectivity index (χ0v) is 7.86. The predicted octanol–water partition coefficient (Wildman–Crippen LogP) is 2.31. The number of ketones is 1. The van der Waals surface area contributed by atoms with E-state index in [0.29, 0.717) is 6.42 Å². The topological polar surface area (TPSA) is 17.1 Å². The minimum Gasteiger partial charge on any atom is -0.295 e. The maximum absolute atomic E-state index is 10.9. The van der Waals surface area contributed by atoms with E-state index in [9.17, 15) is 4.79 Å². The third-order valence-corrected chi connectivity index (χ3v) is 2.57. The van der Waals surface area contributed by atoms with Crippen LogP contribution in [0, 0.1) is 5.41 Å². The molecule has 0 atom stereocenters. The summed E-state index contributed by atoms with van der Waals surface area (Å²) >= 11 is 3.36. The molecule has 1 rings (SSSR count). The number of hydrogen-bond donors (Lipinski definition) is 0. The Labute approximate surface area is 69.6 Å². The van der Waals surface area contributed by atoms with Gasteiger partial charge in [-0.15, -0.1) is 0 Å². The SMILES string of the molecule is CC1(C)CC(=O)C=C1CBr. The quantitative estimate of drug-likeness (QED) is 0.597. The van der Waals surface area contributed by atoms with Crippen LogP contribution in [-0.4, -0.2) is 11.1 Å². The molecule has 0 amide bonds. The van der Waals surface area contributed by atoms with Gasteiger partial charge in [-0.1, -0.05) is 35.4 Å². The fourth-order valence-electron chi connectivity index (χ4n) is 1.21. The minimum absolute atomic E-state index is 0.0978. The van der Waals surface area contributed by atoms with Crippen molar-refractivity contribution in [3.05, 3.63) is 11.6 Å². The molecule has 0 spiro atoms. The van der Waals surface area contributed by atoms with Gasteiger partial charge in [-0.25, -0.2) is 0 Å². The monoisotopic (exact) mass is 202 g/mol. The van der Waals surface area contributed by atoms with Crippen molar-refractivity contribution in [2.24, 2.45) is 5.41 Å². The molecule has 0 bridgehead atoms. The van der Waals surface area contributed by atoms with Gasteiger partial charge >= 0.3 is 0 Å². The molecule has 0 aromatic carbocycles. The lowest BCUT2D eigenvalue weighted by Gasteiger charge is -2.19. The number of halogens is 1. The molecule has 0 heterocycles. The standard InChI is InChI=1S/C8H11BrO/c1-8(2)4-7(10)3-6(8)5-9/h3H,4-5H2,1-2H3. The van der Waals surface area contributed by atoms with Crippen LogP contribution >= 0.6 is 15.9 Å². The van der Waals surface area contributed by atoms with E-state index >= 15 is 0 Å². The van der Waals surface area contributed by atoms with E-state index in [1.54, 1.807) is 6.08 Å². The Balaban J connectivity index is 2.86. The predicted molar refractivity (Wildman–Crippen MR) is 45.3 cm³/mol. The van der Waals surface area contributed by atoms with E-state index < -0.39 is 0 Å². The van der Waals surface area contributed by atoms with Crippen LogP contribution in [0.2, 0.25) is 0 Å². The third-order valence-electron chi connectivity index (χ3n) is 1.96. The largest absolute Gasteiger partial charge is 0.295 e. The van der Waals surface area contributed by atoms with Crippen molar-refractivity contribution in [3.63, 3.8) is 0 Å². The summed E-state index contributed by atoms with van der Waals surface area (Å²) in [5, 5.41) is 0.825. The Morgan fingerprint density at radius 3 is 2.50 bits per heavy atom. The second-order valence-corrected chi connectivity index (χ2v) is 3.89. The van der Waals surface area contributed by atoms with E-state index in [-0.39, 0.29) is 11.2 Å². The molecular formula is C8H11BrO. The molecule has 0 fully saturated rings. The highest BCUT2D eigenvalue weighted by atomic mass is 79.9. The molecular weight excluding hydrogens is 192 g/mol.